The summed E-state index contributed by atoms with van der Waals surface area (Å²) >= 11 is 1.36. The van der Waals surface area contributed by atoms with Gasteiger partial charge in [0.2, 0.25) is 0 Å². The maximum absolute atomic E-state index is 10.8. The zero-order valence-corrected chi connectivity index (χ0v) is 7.51. The Bertz CT molecular complexity index is 417. The minimum absolute atomic E-state index is 0.389. The fraction of sp³-hybridized carbons (Fsp3) is 0. The first-order valence-electron chi connectivity index (χ1n) is 3.69. The Balaban J connectivity index is 2.39. The van der Waals surface area contributed by atoms with Gasteiger partial charge in [0, 0.05) is 10.4 Å². The molecule has 2 rings (SSSR count). The van der Waals surface area contributed by atoms with Crippen LogP contribution in [0.15, 0.2) is 35.1 Å². The number of nitrogens with two attached hydrogens (primary N) is 1. The lowest BCUT2D eigenvalue weighted by molar-refractivity contribution is 0.100. The molecule has 4 heteroatoms. The Kier molecular flexibility index (Phi) is 1.90. The molecule has 0 bridgehead atoms. The van der Waals surface area contributed by atoms with Crippen LogP contribution >= 0.6 is 11.3 Å². The first-order chi connectivity index (χ1) is 6.27. The molecule has 0 unspecified atom stereocenters. The second-order valence-electron chi connectivity index (χ2n) is 2.54. The van der Waals surface area contributed by atoms with Crippen molar-refractivity contribution in [3.63, 3.8) is 0 Å². The van der Waals surface area contributed by atoms with E-state index in [0.29, 0.717) is 4.88 Å². The number of hydrogen-bond donors (Lipinski definition) is 1. The first kappa shape index (κ1) is 8.07. The van der Waals surface area contributed by atoms with Gasteiger partial charge in [-0.1, -0.05) is 0 Å². The van der Waals surface area contributed by atoms with Crippen molar-refractivity contribution in [3.05, 3.63) is 35.6 Å². The van der Waals surface area contributed by atoms with Gasteiger partial charge >= 0.3 is 0 Å². The fourth-order valence-corrected chi connectivity index (χ4v) is 1.87. The standard InChI is InChI=1S/C9H7NO2S/c10-9(11)8-2-1-7(13-8)6-3-4-12-5-6/h1-5H,(H2,10,11). The molecule has 66 valence electrons. The molecule has 2 N–H and O–H groups in total. The highest BCUT2D eigenvalue weighted by atomic mass is 32.1. The normalized spacial score (nSPS) is 10.2. The molecule has 0 aliphatic heterocycles. The summed E-state index contributed by atoms with van der Waals surface area (Å²) < 4.78 is 4.93. The Morgan fingerprint density at radius 2 is 2.23 bits per heavy atom. The lowest BCUT2D eigenvalue weighted by atomic mass is 10.3. The average Bonchev–Trinajstić information content (AvgIpc) is 2.75. The third-order valence-corrected chi connectivity index (χ3v) is 2.80. The van der Waals surface area contributed by atoms with Crippen molar-refractivity contribution in [2.75, 3.05) is 0 Å². The molecule has 2 heterocycles. The van der Waals surface area contributed by atoms with E-state index in [0.717, 1.165) is 10.4 Å². The van der Waals surface area contributed by atoms with E-state index in [1.807, 2.05) is 12.1 Å². The maximum atomic E-state index is 10.8. The first-order valence-corrected chi connectivity index (χ1v) is 4.51. The van der Waals surface area contributed by atoms with Gasteiger partial charge < -0.3 is 10.2 Å². The summed E-state index contributed by atoms with van der Waals surface area (Å²) in [4.78, 5) is 12.3. The Hall–Kier alpha value is -1.55. The number of carbonyl (C=O) groups excluding carboxylic acids is 1. The van der Waals surface area contributed by atoms with E-state index < -0.39 is 0 Å². The molecule has 2 aromatic heterocycles. The van der Waals surface area contributed by atoms with Gasteiger partial charge in [-0.25, -0.2) is 0 Å². The highest BCUT2D eigenvalue weighted by molar-refractivity contribution is 7.17. The van der Waals surface area contributed by atoms with Crippen LogP contribution in [0, 0.1) is 0 Å². The quantitative estimate of drug-likeness (QED) is 0.794. The fourth-order valence-electron chi connectivity index (χ4n) is 1.03. The van der Waals surface area contributed by atoms with Gasteiger partial charge in [0.05, 0.1) is 17.4 Å². The van der Waals surface area contributed by atoms with Crippen LogP contribution in [-0.2, 0) is 0 Å². The Morgan fingerprint density at radius 3 is 2.77 bits per heavy atom. The third kappa shape index (κ3) is 1.48. The second-order valence-corrected chi connectivity index (χ2v) is 3.62. The molecule has 2 aromatic rings. The van der Waals surface area contributed by atoms with Crippen molar-refractivity contribution >= 4 is 17.2 Å². The van der Waals surface area contributed by atoms with Crippen molar-refractivity contribution < 1.29 is 9.21 Å². The molecule has 0 saturated carbocycles. The van der Waals surface area contributed by atoms with E-state index in [4.69, 9.17) is 10.2 Å². The van der Waals surface area contributed by atoms with E-state index in [1.54, 1.807) is 18.6 Å². The lowest BCUT2D eigenvalue weighted by Crippen LogP contribution is -2.07. The van der Waals surface area contributed by atoms with Gasteiger partial charge in [-0.2, -0.15) is 0 Å². The van der Waals surface area contributed by atoms with Crippen molar-refractivity contribution in [1.82, 2.24) is 0 Å². The van der Waals surface area contributed by atoms with E-state index in [1.165, 1.54) is 11.3 Å². The molecule has 0 radical (unpaired) electrons. The van der Waals surface area contributed by atoms with Gasteiger partial charge in [-0.3, -0.25) is 4.79 Å². The highest BCUT2D eigenvalue weighted by Crippen LogP contribution is 2.27. The molecule has 0 aromatic carbocycles. The number of hydrogen-bond acceptors (Lipinski definition) is 3. The maximum Gasteiger partial charge on any atom is 0.258 e. The van der Waals surface area contributed by atoms with Crippen molar-refractivity contribution in [1.29, 1.82) is 0 Å². The summed E-state index contributed by atoms with van der Waals surface area (Å²) in [5, 5.41) is 0. The zero-order valence-electron chi connectivity index (χ0n) is 6.69. The number of furan rings is 1. The van der Waals surface area contributed by atoms with Crippen LogP contribution < -0.4 is 5.73 Å². The van der Waals surface area contributed by atoms with Crippen LogP contribution in [-0.4, -0.2) is 5.91 Å². The smallest absolute Gasteiger partial charge is 0.258 e. The second kappa shape index (κ2) is 3.06. The molecule has 13 heavy (non-hydrogen) atoms. The van der Waals surface area contributed by atoms with Crippen LogP contribution in [0.4, 0.5) is 0 Å². The minimum Gasteiger partial charge on any atom is -0.472 e. The number of primary amides is 1. The molecule has 0 aliphatic rings. The van der Waals surface area contributed by atoms with Crippen LogP contribution in [0.5, 0.6) is 0 Å². The molecule has 1 amide bonds. The van der Waals surface area contributed by atoms with E-state index in [-0.39, 0.29) is 5.91 Å². The van der Waals surface area contributed by atoms with Gasteiger partial charge in [0.15, 0.2) is 0 Å². The number of thiophene rings is 1. The number of rotatable bonds is 2. The van der Waals surface area contributed by atoms with E-state index >= 15 is 0 Å². The summed E-state index contributed by atoms with van der Waals surface area (Å²) in [7, 11) is 0. The summed E-state index contributed by atoms with van der Waals surface area (Å²) in [6.45, 7) is 0. The summed E-state index contributed by atoms with van der Waals surface area (Å²) in [5.74, 6) is -0.389. The van der Waals surface area contributed by atoms with E-state index in [9.17, 15) is 4.79 Å². The van der Waals surface area contributed by atoms with Gasteiger partial charge in [-0.15, -0.1) is 11.3 Å². The Morgan fingerprint density at radius 1 is 1.38 bits per heavy atom. The largest absolute Gasteiger partial charge is 0.472 e. The van der Waals surface area contributed by atoms with Gasteiger partial charge in [0.25, 0.3) is 5.91 Å². The number of carbonyl (C=O) groups is 1. The van der Waals surface area contributed by atoms with Crippen LogP contribution in [0.25, 0.3) is 10.4 Å². The average molecular weight is 193 g/mol. The summed E-state index contributed by atoms with van der Waals surface area (Å²) in [6.07, 6.45) is 3.23. The van der Waals surface area contributed by atoms with Gasteiger partial charge in [-0.05, 0) is 18.2 Å². The SMILES string of the molecule is NC(=O)c1ccc(-c2ccoc2)s1. The van der Waals surface area contributed by atoms with E-state index in [2.05, 4.69) is 0 Å². The summed E-state index contributed by atoms with van der Waals surface area (Å²) in [5.41, 5.74) is 6.10. The van der Waals surface area contributed by atoms with Gasteiger partial charge in [0.1, 0.15) is 0 Å². The van der Waals surface area contributed by atoms with Crippen molar-refractivity contribution in [2.45, 2.75) is 0 Å². The van der Waals surface area contributed by atoms with Crippen LogP contribution in [0.1, 0.15) is 9.67 Å². The predicted molar refractivity (Wildman–Crippen MR) is 50.5 cm³/mol. The van der Waals surface area contributed by atoms with Crippen LogP contribution in [0.2, 0.25) is 0 Å². The minimum atomic E-state index is -0.389. The third-order valence-electron chi connectivity index (χ3n) is 1.65. The van der Waals surface area contributed by atoms with Crippen LogP contribution in [0.3, 0.4) is 0 Å². The molecule has 0 atom stereocenters. The molecule has 0 fully saturated rings. The summed E-state index contributed by atoms with van der Waals surface area (Å²) in [6, 6.07) is 5.42. The monoisotopic (exact) mass is 193 g/mol. The molecular weight excluding hydrogens is 186 g/mol. The number of amides is 1. The van der Waals surface area contributed by atoms with Crippen molar-refractivity contribution in [3.8, 4) is 10.4 Å². The molecule has 0 aliphatic carbocycles. The molecule has 0 saturated heterocycles. The molecule has 3 nitrogen and oxygen atoms in total. The van der Waals surface area contributed by atoms with Crippen molar-refractivity contribution in [2.24, 2.45) is 5.73 Å². The topological polar surface area (TPSA) is 56.2 Å². The molecule has 0 spiro atoms. The highest BCUT2D eigenvalue weighted by Gasteiger charge is 2.06. The Labute approximate surface area is 78.8 Å². The predicted octanol–water partition coefficient (Wildman–Crippen LogP) is 2.11. The molecular formula is C9H7NO2S. The lowest BCUT2D eigenvalue weighted by Gasteiger charge is -1.86. The zero-order chi connectivity index (χ0) is 9.26.